The Morgan fingerprint density at radius 1 is 1.33 bits per heavy atom. The van der Waals surface area contributed by atoms with Gasteiger partial charge in [-0.25, -0.2) is 14.6 Å². The highest BCUT2D eigenvalue weighted by Crippen LogP contribution is 2.14. The molecule has 1 amide bonds. The molecule has 1 aliphatic rings. The standard InChI is InChI=1S/C16H22N6O2/c1-2-13(23)10-20-6-8-21(9-7-20)16(24)14-4-3-5-18-15(14)22-12-17-11-19-22/h3-5,11-13,23H,2,6-10H2,1H3. The molecule has 0 bridgehead atoms. The second kappa shape index (κ2) is 7.50. The lowest BCUT2D eigenvalue weighted by molar-refractivity contribution is 0.0523. The molecular formula is C16H22N6O2. The Balaban J connectivity index is 1.68. The first-order valence-corrected chi connectivity index (χ1v) is 8.18. The Morgan fingerprint density at radius 2 is 2.12 bits per heavy atom. The molecule has 1 fully saturated rings. The molecule has 1 atom stereocenters. The van der Waals surface area contributed by atoms with Gasteiger partial charge in [-0.05, 0) is 18.6 Å². The van der Waals surface area contributed by atoms with Crippen molar-refractivity contribution in [3.63, 3.8) is 0 Å². The molecule has 24 heavy (non-hydrogen) atoms. The van der Waals surface area contributed by atoms with E-state index in [1.54, 1.807) is 18.3 Å². The topological polar surface area (TPSA) is 87.4 Å². The van der Waals surface area contributed by atoms with E-state index in [-0.39, 0.29) is 12.0 Å². The summed E-state index contributed by atoms with van der Waals surface area (Å²) in [7, 11) is 0. The summed E-state index contributed by atoms with van der Waals surface area (Å²) in [6, 6.07) is 3.51. The predicted molar refractivity (Wildman–Crippen MR) is 87.8 cm³/mol. The molecule has 2 aromatic heterocycles. The van der Waals surface area contributed by atoms with Crippen LogP contribution in [0.5, 0.6) is 0 Å². The Bertz CT molecular complexity index is 667. The number of hydrogen-bond acceptors (Lipinski definition) is 6. The predicted octanol–water partition coefficient (Wildman–Crippen LogP) is 0.191. The maximum Gasteiger partial charge on any atom is 0.257 e. The number of β-amino-alcohol motifs (C(OH)–C–C–N with tert-alkyl or cyclic N) is 1. The van der Waals surface area contributed by atoms with E-state index in [0.29, 0.717) is 31.0 Å². The minimum Gasteiger partial charge on any atom is -0.392 e. The molecule has 0 radical (unpaired) electrons. The van der Waals surface area contributed by atoms with Crippen LogP contribution in [0.2, 0.25) is 0 Å². The first-order valence-electron chi connectivity index (χ1n) is 8.18. The minimum absolute atomic E-state index is 0.0516. The SMILES string of the molecule is CCC(O)CN1CCN(C(=O)c2cccnc2-n2cncn2)CC1. The summed E-state index contributed by atoms with van der Waals surface area (Å²) < 4.78 is 1.50. The molecule has 1 unspecified atom stereocenters. The van der Waals surface area contributed by atoms with Gasteiger partial charge in [-0.3, -0.25) is 9.69 Å². The lowest BCUT2D eigenvalue weighted by Crippen LogP contribution is -2.50. The average Bonchev–Trinajstić information content (AvgIpc) is 3.16. The van der Waals surface area contributed by atoms with Crippen molar-refractivity contribution in [2.75, 3.05) is 32.7 Å². The highest BCUT2D eigenvalue weighted by Gasteiger charge is 2.25. The monoisotopic (exact) mass is 330 g/mol. The molecule has 128 valence electrons. The molecule has 1 aliphatic heterocycles. The van der Waals surface area contributed by atoms with Crippen molar-refractivity contribution in [1.82, 2.24) is 29.5 Å². The first-order chi connectivity index (χ1) is 11.7. The number of piperazine rings is 1. The van der Waals surface area contributed by atoms with Gasteiger partial charge in [-0.2, -0.15) is 5.10 Å². The van der Waals surface area contributed by atoms with Crippen LogP contribution in [-0.4, -0.2) is 79.4 Å². The zero-order valence-corrected chi connectivity index (χ0v) is 13.7. The lowest BCUT2D eigenvalue weighted by atomic mass is 10.2. The van der Waals surface area contributed by atoms with Crippen molar-refractivity contribution in [2.24, 2.45) is 0 Å². The summed E-state index contributed by atoms with van der Waals surface area (Å²) >= 11 is 0. The fourth-order valence-corrected chi connectivity index (χ4v) is 2.80. The van der Waals surface area contributed by atoms with E-state index in [1.807, 2.05) is 11.8 Å². The fraction of sp³-hybridized carbons (Fsp3) is 0.500. The Labute approximate surface area is 140 Å². The molecule has 3 heterocycles. The number of aromatic nitrogens is 4. The van der Waals surface area contributed by atoms with Crippen LogP contribution in [0.1, 0.15) is 23.7 Å². The fourth-order valence-electron chi connectivity index (χ4n) is 2.80. The first kappa shape index (κ1) is 16.5. The van der Waals surface area contributed by atoms with E-state index in [9.17, 15) is 9.90 Å². The molecule has 0 saturated carbocycles. The number of carbonyl (C=O) groups is 1. The summed E-state index contributed by atoms with van der Waals surface area (Å²) in [5.74, 6) is 0.438. The number of aliphatic hydroxyl groups is 1. The van der Waals surface area contributed by atoms with Gasteiger partial charge in [-0.1, -0.05) is 6.92 Å². The molecule has 1 N–H and O–H groups in total. The van der Waals surface area contributed by atoms with Crippen LogP contribution in [0.15, 0.2) is 31.0 Å². The number of rotatable bonds is 5. The molecule has 2 aromatic rings. The molecule has 8 nitrogen and oxygen atoms in total. The van der Waals surface area contributed by atoms with Gasteiger partial charge >= 0.3 is 0 Å². The van der Waals surface area contributed by atoms with Gasteiger partial charge in [0.05, 0.1) is 11.7 Å². The maximum absolute atomic E-state index is 12.9. The minimum atomic E-state index is -0.301. The lowest BCUT2D eigenvalue weighted by Gasteiger charge is -2.35. The summed E-state index contributed by atoms with van der Waals surface area (Å²) in [5, 5.41) is 13.8. The third-order valence-electron chi connectivity index (χ3n) is 4.25. The molecule has 8 heteroatoms. The molecule has 0 aliphatic carbocycles. The van der Waals surface area contributed by atoms with Crippen molar-refractivity contribution < 1.29 is 9.90 Å². The number of nitrogens with zero attached hydrogens (tertiary/aromatic N) is 6. The van der Waals surface area contributed by atoms with E-state index < -0.39 is 0 Å². The van der Waals surface area contributed by atoms with Gasteiger partial charge in [0.2, 0.25) is 0 Å². The number of carbonyl (C=O) groups excluding carboxylic acids is 1. The second-order valence-corrected chi connectivity index (χ2v) is 5.87. The Hall–Kier alpha value is -2.32. The maximum atomic E-state index is 12.9. The van der Waals surface area contributed by atoms with Crippen molar-refractivity contribution in [2.45, 2.75) is 19.4 Å². The van der Waals surface area contributed by atoms with Gasteiger partial charge in [-0.15, -0.1) is 0 Å². The van der Waals surface area contributed by atoms with E-state index in [4.69, 9.17) is 0 Å². The summed E-state index contributed by atoms with van der Waals surface area (Å²) in [4.78, 5) is 25.1. The van der Waals surface area contributed by atoms with E-state index in [1.165, 1.54) is 17.3 Å². The normalized spacial score (nSPS) is 17.0. The largest absolute Gasteiger partial charge is 0.392 e. The van der Waals surface area contributed by atoms with Crippen LogP contribution >= 0.6 is 0 Å². The van der Waals surface area contributed by atoms with Gasteiger partial charge < -0.3 is 10.0 Å². The van der Waals surface area contributed by atoms with E-state index in [0.717, 1.165) is 19.5 Å². The number of pyridine rings is 1. The van der Waals surface area contributed by atoms with Crippen LogP contribution in [0, 0.1) is 0 Å². The van der Waals surface area contributed by atoms with Crippen molar-refractivity contribution >= 4 is 5.91 Å². The molecule has 0 spiro atoms. The summed E-state index contributed by atoms with van der Waals surface area (Å²) in [6.07, 6.45) is 5.03. The highest BCUT2D eigenvalue weighted by molar-refractivity contribution is 5.97. The third kappa shape index (κ3) is 3.60. The Morgan fingerprint density at radius 3 is 2.79 bits per heavy atom. The van der Waals surface area contributed by atoms with Crippen LogP contribution in [0.25, 0.3) is 5.82 Å². The molecular weight excluding hydrogens is 308 g/mol. The molecule has 0 aromatic carbocycles. The van der Waals surface area contributed by atoms with Gasteiger partial charge in [0.25, 0.3) is 5.91 Å². The zero-order valence-electron chi connectivity index (χ0n) is 13.7. The number of amides is 1. The zero-order chi connectivity index (χ0) is 16.9. The van der Waals surface area contributed by atoms with Gasteiger partial charge in [0.15, 0.2) is 5.82 Å². The molecule has 1 saturated heterocycles. The van der Waals surface area contributed by atoms with Crippen molar-refractivity contribution in [3.05, 3.63) is 36.5 Å². The Kier molecular flexibility index (Phi) is 5.17. The van der Waals surface area contributed by atoms with Crippen molar-refractivity contribution in [3.8, 4) is 5.82 Å². The summed E-state index contributed by atoms with van der Waals surface area (Å²) in [6.45, 7) is 5.44. The number of hydrogen-bond donors (Lipinski definition) is 1. The second-order valence-electron chi connectivity index (χ2n) is 5.87. The van der Waals surface area contributed by atoms with E-state index in [2.05, 4.69) is 20.0 Å². The van der Waals surface area contributed by atoms with Gasteiger partial charge in [0.1, 0.15) is 12.7 Å². The summed E-state index contributed by atoms with van der Waals surface area (Å²) in [5.41, 5.74) is 0.519. The van der Waals surface area contributed by atoms with Crippen LogP contribution < -0.4 is 0 Å². The van der Waals surface area contributed by atoms with E-state index >= 15 is 0 Å². The van der Waals surface area contributed by atoms with Crippen molar-refractivity contribution in [1.29, 1.82) is 0 Å². The molecule has 3 rings (SSSR count). The van der Waals surface area contributed by atoms with Crippen LogP contribution in [0.3, 0.4) is 0 Å². The van der Waals surface area contributed by atoms with Gasteiger partial charge in [0, 0.05) is 38.9 Å². The quantitative estimate of drug-likeness (QED) is 0.842. The third-order valence-corrected chi connectivity index (χ3v) is 4.25. The highest BCUT2D eigenvalue weighted by atomic mass is 16.3. The van der Waals surface area contributed by atoms with Crippen LogP contribution in [0.4, 0.5) is 0 Å². The van der Waals surface area contributed by atoms with Crippen LogP contribution in [-0.2, 0) is 0 Å². The number of aliphatic hydroxyl groups excluding tert-OH is 1. The average molecular weight is 330 g/mol. The smallest absolute Gasteiger partial charge is 0.257 e.